The standard InChI is InChI=1S/C13H18BrNS2/c1-15-12(13-9-16-6-7-17-13)8-10-2-4-11(14)5-3-10/h2-5,12-13,15H,6-9H2,1H3. The van der Waals surface area contributed by atoms with Crippen LogP contribution in [0, 0.1) is 0 Å². The van der Waals surface area contributed by atoms with Gasteiger partial charge in [-0.1, -0.05) is 28.1 Å². The predicted octanol–water partition coefficient (Wildman–Crippen LogP) is 3.43. The maximum Gasteiger partial charge on any atom is 0.0295 e. The van der Waals surface area contributed by atoms with Gasteiger partial charge < -0.3 is 5.32 Å². The molecular formula is C13H18BrNS2. The van der Waals surface area contributed by atoms with Gasteiger partial charge in [-0.25, -0.2) is 0 Å². The molecule has 1 saturated heterocycles. The van der Waals surface area contributed by atoms with Gasteiger partial charge in [0.15, 0.2) is 0 Å². The van der Waals surface area contributed by atoms with Crippen LogP contribution >= 0.6 is 39.5 Å². The fraction of sp³-hybridized carbons (Fsp3) is 0.538. The van der Waals surface area contributed by atoms with Crippen molar-refractivity contribution < 1.29 is 0 Å². The summed E-state index contributed by atoms with van der Waals surface area (Å²) in [6.45, 7) is 0. The van der Waals surface area contributed by atoms with Crippen LogP contribution in [0.15, 0.2) is 28.7 Å². The monoisotopic (exact) mass is 331 g/mol. The molecule has 0 amide bonds. The minimum Gasteiger partial charge on any atom is -0.316 e. The van der Waals surface area contributed by atoms with E-state index in [1.54, 1.807) is 0 Å². The van der Waals surface area contributed by atoms with Crippen LogP contribution in [0.5, 0.6) is 0 Å². The van der Waals surface area contributed by atoms with E-state index in [1.165, 1.54) is 22.8 Å². The first-order chi connectivity index (χ1) is 8.29. The minimum absolute atomic E-state index is 0.592. The van der Waals surface area contributed by atoms with Crippen molar-refractivity contribution in [2.45, 2.75) is 17.7 Å². The Morgan fingerprint density at radius 2 is 2.12 bits per heavy atom. The van der Waals surface area contributed by atoms with Crippen LogP contribution in [-0.2, 0) is 6.42 Å². The molecule has 1 aromatic rings. The summed E-state index contributed by atoms with van der Waals surface area (Å²) in [6.07, 6.45) is 1.13. The van der Waals surface area contributed by atoms with Crippen molar-refractivity contribution in [1.82, 2.24) is 5.32 Å². The number of hydrogen-bond acceptors (Lipinski definition) is 3. The molecule has 2 atom stereocenters. The smallest absolute Gasteiger partial charge is 0.0295 e. The zero-order chi connectivity index (χ0) is 12.1. The molecule has 0 spiro atoms. The van der Waals surface area contributed by atoms with Crippen molar-refractivity contribution >= 4 is 39.5 Å². The maximum atomic E-state index is 3.49. The zero-order valence-corrected chi connectivity index (χ0v) is 13.2. The molecule has 0 saturated carbocycles. The lowest BCUT2D eigenvalue weighted by Gasteiger charge is -2.29. The van der Waals surface area contributed by atoms with Crippen LogP contribution in [0.1, 0.15) is 5.56 Å². The molecule has 0 bridgehead atoms. The Morgan fingerprint density at radius 1 is 1.35 bits per heavy atom. The summed E-state index contributed by atoms with van der Waals surface area (Å²) in [5, 5.41) is 4.24. The highest BCUT2D eigenvalue weighted by atomic mass is 79.9. The van der Waals surface area contributed by atoms with Gasteiger partial charge in [-0.2, -0.15) is 23.5 Å². The lowest BCUT2D eigenvalue weighted by atomic mass is 10.0. The van der Waals surface area contributed by atoms with Gasteiger partial charge in [0, 0.05) is 33.0 Å². The highest BCUT2D eigenvalue weighted by Crippen LogP contribution is 2.27. The van der Waals surface area contributed by atoms with E-state index in [1.807, 2.05) is 0 Å². The minimum atomic E-state index is 0.592. The average Bonchev–Trinajstić information content (AvgIpc) is 2.39. The third-order valence-electron chi connectivity index (χ3n) is 3.03. The molecule has 1 N–H and O–H groups in total. The first kappa shape index (κ1) is 13.8. The van der Waals surface area contributed by atoms with E-state index < -0.39 is 0 Å². The largest absolute Gasteiger partial charge is 0.316 e. The molecule has 94 valence electrons. The fourth-order valence-electron chi connectivity index (χ4n) is 2.03. The molecule has 2 rings (SSSR count). The van der Waals surface area contributed by atoms with Gasteiger partial charge in [0.1, 0.15) is 0 Å². The number of hydrogen-bond donors (Lipinski definition) is 1. The van der Waals surface area contributed by atoms with Gasteiger partial charge in [-0.15, -0.1) is 0 Å². The lowest BCUT2D eigenvalue weighted by Crippen LogP contribution is -2.40. The molecular weight excluding hydrogens is 314 g/mol. The third-order valence-corrected chi connectivity index (χ3v) is 6.48. The van der Waals surface area contributed by atoms with E-state index in [-0.39, 0.29) is 0 Å². The Kier molecular flexibility index (Phi) is 5.74. The van der Waals surface area contributed by atoms with Crippen LogP contribution < -0.4 is 5.32 Å². The Balaban J connectivity index is 1.96. The molecule has 1 fully saturated rings. The summed E-state index contributed by atoms with van der Waals surface area (Å²) in [5.41, 5.74) is 1.42. The van der Waals surface area contributed by atoms with Gasteiger partial charge in [0.25, 0.3) is 0 Å². The summed E-state index contributed by atoms with van der Waals surface area (Å²) >= 11 is 7.70. The van der Waals surface area contributed by atoms with Gasteiger partial charge in [0.05, 0.1) is 0 Å². The molecule has 1 aliphatic heterocycles. The van der Waals surface area contributed by atoms with Crippen molar-refractivity contribution in [3.63, 3.8) is 0 Å². The van der Waals surface area contributed by atoms with Crippen molar-refractivity contribution in [2.24, 2.45) is 0 Å². The van der Waals surface area contributed by atoms with Crippen LogP contribution in [0.3, 0.4) is 0 Å². The molecule has 1 aromatic carbocycles. The van der Waals surface area contributed by atoms with Gasteiger partial charge in [-0.3, -0.25) is 0 Å². The third kappa shape index (κ3) is 4.19. The van der Waals surface area contributed by atoms with Crippen molar-refractivity contribution in [3.05, 3.63) is 34.3 Å². The molecule has 1 heterocycles. The molecule has 0 aliphatic carbocycles. The fourth-order valence-corrected chi connectivity index (χ4v) is 5.23. The number of benzene rings is 1. The summed E-state index contributed by atoms with van der Waals surface area (Å²) in [5.74, 6) is 3.90. The van der Waals surface area contributed by atoms with E-state index >= 15 is 0 Å². The first-order valence-corrected chi connectivity index (χ1v) is 8.90. The second-order valence-corrected chi connectivity index (χ2v) is 7.62. The number of nitrogens with one attached hydrogen (secondary N) is 1. The number of rotatable bonds is 4. The normalized spacial score (nSPS) is 22.4. The van der Waals surface area contributed by atoms with E-state index in [2.05, 4.69) is 76.1 Å². The first-order valence-electron chi connectivity index (χ1n) is 5.90. The van der Waals surface area contributed by atoms with E-state index in [0.29, 0.717) is 6.04 Å². The quantitative estimate of drug-likeness (QED) is 0.907. The van der Waals surface area contributed by atoms with Crippen molar-refractivity contribution in [1.29, 1.82) is 0 Å². The van der Waals surface area contributed by atoms with E-state index in [9.17, 15) is 0 Å². The predicted molar refractivity (Wildman–Crippen MR) is 84.3 cm³/mol. The summed E-state index contributed by atoms with van der Waals surface area (Å²) in [4.78, 5) is 0. The molecule has 4 heteroatoms. The highest BCUT2D eigenvalue weighted by molar-refractivity contribution is 9.10. The molecule has 0 radical (unpaired) electrons. The van der Waals surface area contributed by atoms with Gasteiger partial charge in [-0.05, 0) is 31.2 Å². The SMILES string of the molecule is CNC(Cc1ccc(Br)cc1)C1CSCCS1. The number of likely N-dealkylation sites (N-methyl/N-ethyl adjacent to an activating group) is 1. The number of halogens is 1. The van der Waals surface area contributed by atoms with Crippen molar-refractivity contribution in [3.8, 4) is 0 Å². The Labute approximate surface area is 121 Å². The summed E-state index contributed by atoms with van der Waals surface area (Å²) < 4.78 is 1.16. The Bertz CT molecular complexity index is 336. The van der Waals surface area contributed by atoms with Crippen LogP contribution in [-0.4, -0.2) is 35.6 Å². The van der Waals surface area contributed by atoms with Gasteiger partial charge in [0.2, 0.25) is 0 Å². The molecule has 2 unspecified atom stereocenters. The lowest BCUT2D eigenvalue weighted by molar-refractivity contribution is 0.557. The summed E-state index contributed by atoms with van der Waals surface area (Å²) in [6, 6.07) is 9.29. The highest BCUT2D eigenvalue weighted by Gasteiger charge is 2.23. The van der Waals surface area contributed by atoms with E-state index in [0.717, 1.165) is 16.1 Å². The van der Waals surface area contributed by atoms with E-state index in [4.69, 9.17) is 0 Å². The maximum absolute atomic E-state index is 3.49. The second-order valence-electron chi connectivity index (χ2n) is 4.21. The molecule has 1 nitrogen and oxygen atoms in total. The molecule has 1 aliphatic rings. The van der Waals surface area contributed by atoms with Crippen LogP contribution in [0.25, 0.3) is 0 Å². The summed E-state index contributed by atoms with van der Waals surface area (Å²) in [7, 11) is 2.09. The van der Waals surface area contributed by atoms with Crippen molar-refractivity contribution in [2.75, 3.05) is 24.3 Å². The van der Waals surface area contributed by atoms with Crippen LogP contribution in [0.2, 0.25) is 0 Å². The molecule has 0 aromatic heterocycles. The van der Waals surface area contributed by atoms with Crippen LogP contribution in [0.4, 0.5) is 0 Å². The number of thioether (sulfide) groups is 2. The van der Waals surface area contributed by atoms with Gasteiger partial charge >= 0.3 is 0 Å². The Morgan fingerprint density at radius 3 is 2.71 bits per heavy atom. The molecule has 17 heavy (non-hydrogen) atoms. The Hall–Kier alpha value is 0.360. The average molecular weight is 332 g/mol. The topological polar surface area (TPSA) is 12.0 Å². The zero-order valence-electron chi connectivity index (χ0n) is 9.99. The second kappa shape index (κ2) is 7.07.